The molecule has 7 heteroatoms. The van der Waals surface area contributed by atoms with Gasteiger partial charge in [-0.3, -0.25) is 4.79 Å². The number of carbonyl (C=O) groups is 1. The number of hydrogen-bond donors (Lipinski definition) is 2. The summed E-state index contributed by atoms with van der Waals surface area (Å²) in [5.41, 5.74) is -0.0312. The summed E-state index contributed by atoms with van der Waals surface area (Å²) in [5.74, 6) is -5.02. The van der Waals surface area contributed by atoms with Crippen LogP contribution in [0, 0.1) is 23.4 Å². The molecule has 2 unspecified atom stereocenters. The maximum absolute atomic E-state index is 13.2. The second kappa shape index (κ2) is 8.75. The molecule has 2 N–H and O–H groups in total. The van der Waals surface area contributed by atoms with Crippen LogP contribution >= 0.6 is 0 Å². The Hall–Kier alpha value is -1.60. The van der Waals surface area contributed by atoms with E-state index in [2.05, 4.69) is 5.32 Å². The number of halogens is 3. The summed E-state index contributed by atoms with van der Waals surface area (Å²) < 4.78 is 44.3. The van der Waals surface area contributed by atoms with Crippen LogP contribution < -0.4 is 5.32 Å². The number of ether oxygens (including phenoxy) is 1. The lowest BCUT2D eigenvalue weighted by atomic mass is 10.0. The van der Waals surface area contributed by atoms with E-state index in [9.17, 15) is 23.1 Å². The van der Waals surface area contributed by atoms with Gasteiger partial charge < -0.3 is 15.2 Å². The molecule has 0 saturated carbocycles. The first-order chi connectivity index (χ1) is 10.4. The van der Waals surface area contributed by atoms with Crippen molar-refractivity contribution in [3.63, 3.8) is 0 Å². The van der Waals surface area contributed by atoms with Crippen LogP contribution in [0.15, 0.2) is 12.1 Å². The number of amides is 1. The zero-order valence-corrected chi connectivity index (χ0v) is 12.5. The summed E-state index contributed by atoms with van der Waals surface area (Å²) in [5, 5.41) is 11.8. The fraction of sp³-hybridized carbons (Fsp3) is 0.533. The number of aliphatic hydroxyl groups is 1. The predicted octanol–water partition coefficient (Wildman–Crippen LogP) is 2.32. The van der Waals surface area contributed by atoms with Crippen molar-refractivity contribution in [2.45, 2.75) is 25.8 Å². The molecule has 1 amide bonds. The fourth-order valence-corrected chi connectivity index (χ4v) is 1.99. The number of carbonyl (C=O) groups excluding carboxylic acids is 1. The van der Waals surface area contributed by atoms with Crippen LogP contribution in [-0.4, -0.2) is 31.3 Å². The van der Waals surface area contributed by atoms with E-state index in [0.29, 0.717) is 19.4 Å². The Morgan fingerprint density at radius 1 is 1.32 bits per heavy atom. The Kier molecular flexibility index (Phi) is 7.34. The molecule has 0 radical (unpaired) electrons. The van der Waals surface area contributed by atoms with Gasteiger partial charge in [-0.05, 0) is 30.5 Å². The van der Waals surface area contributed by atoms with E-state index < -0.39 is 30.1 Å². The third-order valence-electron chi connectivity index (χ3n) is 3.34. The minimum Gasteiger partial charge on any atom is -0.394 e. The highest BCUT2D eigenvalue weighted by atomic mass is 19.2. The molecule has 2 atom stereocenters. The van der Waals surface area contributed by atoms with Crippen LogP contribution in [0.3, 0.4) is 0 Å². The van der Waals surface area contributed by atoms with E-state index in [-0.39, 0.29) is 17.4 Å². The molecule has 1 aromatic carbocycles. The van der Waals surface area contributed by atoms with Crippen molar-refractivity contribution in [3.05, 3.63) is 35.1 Å². The maximum atomic E-state index is 13.2. The van der Waals surface area contributed by atoms with Gasteiger partial charge >= 0.3 is 0 Å². The lowest BCUT2D eigenvalue weighted by molar-refractivity contribution is -0.125. The van der Waals surface area contributed by atoms with Crippen molar-refractivity contribution in [2.75, 3.05) is 20.3 Å². The van der Waals surface area contributed by atoms with Crippen LogP contribution in [0.5, 0.6) is 0 Å². The van der Waals surface area contributed by atoms with Gasteiger partial charge in [0.2, 0.25) is 5.91 Å². The Morgan fingerprint density at radius 3 is 2.41 bits per heavy atom. The highest BCUT2D eigenvalue weighted by molar-refractivity contribution is 5.78. The van der Waals surface area contributed by atoms with Crippen LogP contribution in [0.25, 0.3) is 0 Å². The number of benzene rings is 1. The third kappa shape index (κ3) is 4.99. The number of hydrogen-bond acceptors (Lipinski definition) is 3. The van der Waals surface area contributed by atoms with Crippen molar-refractivity contribution in [1.29, 1.82) is 0 Å². The largest absolute Gasteiger partial charge is 0.394 e. The van der Waals surface area contributed by atoms with E-state index in [1.54, 1.807) is 14.0 Å². The molecule has 0 heterocycles. The molecule has 0 aliphatic rings. The first-order valence-electron chi connectivity index (χ1n) is 6.95. The second-order valence-corrected chi connectivity index (χ2v) is 5.08. The van der Waals surface area contributed by atoms with Crippen LogP contribution in [0.1, 0.15) is 31.4 Å². The highest BCUT2D eigenvalue weighted by Crippen LogP contribution is 2.20. The molecule has 4 nitrogen and oxygen atoms in total. The summed E-state index contributed by atoms with van der Waals surface area (Å²) in [7, 11) is 1.56. The molecular weight excluding hydrogens is 299 g/mol. The average molecular weight is 319 g/mol. The summed E-state index contributed by atoms with van der Waals surface area (Å²) in [6.45, 7) is 1.67. The topological polar surface area (TPSA) is 58.6 Å². The molecule has 124 valence electrons. The van der Waals surface area contributed by atoms with E-state index >= 15 is 0 Å². The molecule has 0 bridgehead atoms. The van der Waals surface area contributed by atoms with Crippen LogP contribution in [-0.2, 0) is 9.53 Å². The van der Waals surface area contributed by atoms with E-state index in [4.69, 9.17) is 4.74 Å². The zero-order valence-electron chi connectivity index (χ0n) is 12.5. The minimum absolute atomic E-state index is 0.0312. The fourth-order valence-electron chi connectivity index (χ4n) is 1.99. The Labute approximate surface area is 127 Å². The molecule has 0 aliphatic heterocycles. The standard InChI is InChI=1S/C15H20F3NO3/c1-9(4-3-5-22-2)15(21)19-13(8-20)10-6-11(16)14(18)12(17)7-10/h6-7,9,13,20H,3-5,8H2,1-2H3,(H,19,21). The molecule has 0 aromatic heterocycles. The van der Waals surface area contributed by atoms with E-state index in [0.717, 1.165) is 12.1 Å². The van der Waals surface area contributed by atoms with Gasteiger partial charge in [-0.1, -0.05) is 6.92 Å². The molecule has 0 saturated heterocycles. The third-order valence-corrected chi connectivity index (χ3v) is 3.34. The van der Waals surface area contributed by atoms with Crippen molar-refractivity contribution in [1.82, 2.24) is 5.32 Å². The molecule has 0 spiro atoms. The molecule has 0 aliphatic carbocycles. The molecule has 22 heavy (non-hydrogen) atoms. The number of aliphatic hydroxyl groups excluding tert-OH is 1. The van der Waals surface area contributed by atoms with Crippen molar-refractivity contribution >= 4 is 5.91 Å². The van der Waals surface area contributed by atoms with Gasteiger partial charge in [0, 0.05) is 19.6 Å². The summed E-state index contributed by atoms with van der Waals surface area (Å²) >= 11 is 0. The van der Waals surface area contributed by atoms with Gasteiger partial charge in [-0.25, -0.2) is 13.2 Å². The lowest BCUT2D eigenvalue weighted by Gasteiger charge is -2.20. The van der Waals surface area contributed by atoms with Crippen molar-refractivity contribution in [2.24, 2.45) is 5.92 Å². The molecule has 1 rings (SSSR count). The van der Waals surface area contributed by atoms with E-state index in [1.807, 2.05) is 0 Å². The van der Waals surface area contributed by atoms with Gasteiger partial charge in [0.1, 0.15) is 0 Å². The summed E-state index contributed by atoms with van der Waals surface area (Å²) in [6.07, 6.45) is 1.26. The van der Waals surface area contributed by atoms with Gasteiger partial charge in [0.05, 0.1) is 12.6 Å². The first kappa shape index (κ1) is 18.4. The number of rotatable bonds is 8. The van der Waals surface area contributed by atoms with Gasteiger partial charge in [0.25, 0.3) is 0 Å². The predicted molar refractivity (Wildman–Crippen MR) is 74.6 cm³/mol. The lowest BCUT2D eigenvalue weighted by Crippen LogP contribution is -2.35. The first-order valence-corrected chi connectivity index (χ1v) is 6.95. The second-order valence-electron chi connectivity index (χ2n) is 5.08. The Morgan fingerprint density at radius 2 is 1.91 bits per heavy atom. The zero-order chi connectivity index (χ0) is 16.7. The quantitative estimate of drug-likeness (QED) is 0.571. The summed E-state index contributed by atoms with van der Waals surface area (Å²) in [4.78, 5) is 12.0. The highest BCUT2D eigenvalue weighted by Gasteiger charge is 2.21. The molecule has 1 aromatic rings. The monoisotopic (exact) mass is 319 g/mol. The summed E-state index contributed by atoms with van der Waals surface area (Å²) in [6, 6.07) is 0.520. The average Bonchev–Trinajstić information content (AvgIpc) is 2.49. The smallest absolute Gasteiger partial charge is 0.223 e. The van der Waals surface area contributed by atoms with Gasteiger partial charge in [-0.2, -0.15) is 0 Å². The minimum atomic E-state index is -1.58. The van der Waals surface area contributed by atoms with Gasteiger partial charge in [0.15, 0.2) is 17.5 Å². The SMILES string of the molecule is COCCCC(C)C(=O)NC(CO)c1cc(F)c(F)c(F)c1. The normalized spacial score (nSPS) is 13.7. The van der Waals surface area contributed by atoms with Gasteiger partial charge in [-0.15, -0.1) is 0 Å². The molecular formula is C15H20F3NO3. The Balaban J connectivity index is 2.74. The van der Waals surface area contributed by atoms with Crippen molar-refractivity contribution < 1.29 is 27.8 Å². The van der Waals surface area contributed by atoms with Crippen LogP contribution in [0.2, 0.25) is 0 Å². The van der Waals surface area contributed by atoms with E-state index in [1.165, 1.54) is 0 Å². The maximum Gasteiger partial charge on any atom is 0.223 e. The van der Waals surface area contributed by atoms with Crippen LogP contribution in [0.4, 0.5) is 13.2 Å². The van der Waals surface area contributed by atoms with Crippen molar-refractivity contribution in [3.8, 4) is 0 Å². The molecule has 0 fully saturated rings. The number of nitrogens with one attached hydrogen (secondary N) is 1. The Bertz CT molecular complexity index is 488. The number of methoxy groups -OCH3 is 1.